The first-order valence-corrected chi connectivity index (χ1v) is 9.98. The quantitative estimate of drug-likeness (QED) is 0.712. The molecule has 1 unspecified atom stereocenters. The Morgan fingerprint density at radius 1 is 1.22 bits per heavy atom. The van der Waals surface area contributed by atoms with E-state index in [1.54, 1.807) is 7.11 Å². The first-order chi connectivity index (χ1) is 13.2. The molecule has 1 atom stereocenters. The summed E-state index contributed by atoms with van der Waals surface area (Å²) in [5, 5.41) is 4.10. The normalized spacial score (nSPS) is 19.4. The molecular formula is C21H27N3O3. The molecule has 1 aliphatic heterocycles. The summed E-state index contributed by atoms with van der Waals surface area (Å²) in [6, 6.07) is 8.25. The van der Waals surface area contributed by atoms with Crippen LogP contribution in [0, 0.1) is 0 Å². The predicted octanol–water partition coefficient (Wildman–Crippen LogP) is 3.51. The number of hydrogen-bond donors (Lipinski definition) is 0. The van der Waals surface area contributed by atoms with E-state index in [0.29, 0.717) is 18.4 Å². The minimum atomic E-state index is 0.250. The highest BCUT2D eigenvalue weighted by Gasteiger charge is 2.31. The maximum atomic E-state index is 12.7. The van der Waals surface area contributed by atoms with E-state index in [-0.39, 0.29) is 5.91 Å². The van der Waals surface area contributed by atoms with Gasteiger partial charge in [-0.3, -0.25) is 4.79 Å². The van der Waals surface area contributed by atoms with Gasteiger partial charge in [-0.2, -0.15) is 4.98 Å². The Hall–Kier alpha value is -2.37. The number of carbonyl (C=O) groups is 1. The molecule has 6 heteroatoms. The summed E-state index contributed by atoms with van der Waals surface area (Å²) in [5.74, 6) is 3.17. The highest BCUT2D eigenvalue weighted by Crippen LogP contribution is 2.38. The second kappa shape index (κ2) is 8.11. The van der Waals surface area contributed by atoms with Gasteiger partial charge in [-0.25, -0.2) is 0 Å². The lowest BCUT2D eigenvalue weighted by molar-refractivity contribution is -0.132. The Kier molecular flexibility index (Phi) is 5.41. The highest BCUT2D eigenvalue weighted by molar-refractivity contribution is 5.77. The standard InChI is InChI=1S/C21H27N3O3/c1-26-18-10-4-15(5-11-18)6-13-20(25)24-14-2-3-17(24)9-12-19-22-21(27-23-19)16-7-8-16/h4-5,10-11,16-17H,2-3,6-9,12-14H2,1H3. The van der Waals surface area contributed by atoms with E-state index in [4.69, 9.17) is 9.26 Å². The summed E-state index contributed by atoms with van der Waals surface area (Å²) in [7, 11) is 1.66. The molecule has 1 aliphatic carbocycles. The molecule has 1 aromatic heterocycles. The van der Waals surface area contributed by atoms with Crippen molar-refractivity contribution in [1.82, 2.24) is 15.0 Å². The molecule has 2 aromatic rings. The van der Waals surface area contributed by atoms with Gasteiger partial charge in [0.1, 0.15) is 5.75 Å². The topological polar surface area (TPSA) is 68.5 Å². The Morgan fingerprint density at radius 2 is 2.04 bits per heavy atom. The molecule has 144 valence electrons. The van der Waals surface area contributed by atoms with Crippen LogP contribution in [0.25, 0.3) is 0 Å². The van der Waals surface area contributed by atoms with Gasteiger partial charge in [-0.1, -0.05) is 17.3 Å². The van der Waals surface area contributed by atoms with Gasteiger partial charge >= 0.3 is 0 Å². The van der Waals surface area contributed by atoms with Gasteiger partial charge in [0.15, 0.2) is 5.82 Å². The predicted molar refractivity (Wildman–Crippen MR) is 101 cm³/mol. The van der Waals surface area contributed by atoms with E-state index in [2.05, 4.69) is 15.0 Å². The zero-order chi connectivity index (χ0) is 18.6. The lowest BCUT2D eigenvalue weighted by Gasteiger charge is -2.24. The molecule has 1 aromatic carbocycles. The second-order valence-electron chi connectivity index (χ2n) is 7.59. The summed E-state index contributed by atoms with van der Waals surface area (Å²) < 4.78 is 10.5. The summed E-state index contributed by atoms with van der Waals surface area (Å²) in [4.78, 5) is 19.3. The molecule has 0 spiro atoms. The van der Waals surface area contributed by atoms with Crippen LogP contribution in [0.3, 0.4) is 0 Å². The minimum absolute atomic E-state index is 0.250. The number of hydrogen-bond acceptors (Lipinski definition) is 5. The van der Waals surface area contributed by atoms with Crippen molar-refractivity contribution in [3.63, 3.8) is 0 Å². The number of aromatic nitrogens is 2. The van der Waals surface area contributed by atoms with E-state index in [9.17, 15) is 4.79 Å². The molecule has 0 N–H and O–H groups in total. The van der Waals surface area contributed by atoms with Crippen LogP contribution in [0.4, 0.5) is 0 Å². The molecule has 0 radical (unpaired) electrons. The zero-order valence-electron chi connectivity index (χ0n) is 15.9. The van der Waals surface area contributed by atoms with E-state index in [1.165, 1.54) is 18.4 Å². The van der Waals surface area contributed by atoms with Crippen LogP contribution in [0.2, 0.25) is 0 Å². The summed E-state index contributed by atoms with van der Waals surface area (Å²) in [6.07, 6.45) is 7.50. The lowest BCUT2D eigenvalue weighted by atomic mass is 10.1. The molecule has 27 heavy (non-hydrogen) atoms. The summed E-state index contributed by atoms with van der Waals surface area (Å²) >= 11 is 0. The maximum Gasteiger partial charge on any atom is 0.229 e. The fourth-order valence-electron chi connectivity index (χ4n) is 3.81. The number of ether oxygens (including phenoxy) is 1. The number of methoxy groups -OCH3 is 1. The lowest BCUT2D eigenvalue weighted by Crippen LogP contribution is -2.36. The Balaban J connectivity index is 1.26. The van der Waals surface area contributed by atoms with Crippen molar-refractivity contribution in [2.75, 3.05) is 13.7 Å². The van der Waals surface area contributed by atoms with E-state index in [1.807, 2.05) is 24.3 Å². The molecule has 2 heterocycles. The number of amides is 1. The minimum Gasteiger partial charge on any atom is -0.497 e. The summed E-state index contributed by atoms with van der Waals surface area (Å²) in [6.45, 7) is 0.867. The van der Waals surface area contributed by atoms with Gasteiger partial charge in [0.05, 0.1) is 7.11 Å². The van der Waals surface area contributed by atoms with Crippen molar-refractivity contribution in [2.24, 2.45) is 0 Å². The number of benzene rings is 1. The molecule has 0 bridgehead atoms. The van der Waals surface area contributed by atoms with Crippen LogP contribution in [0.1, 0.15) is 61.7 Å². The maximum absolute atomic E-state index is 12.7. The molecule has 4 rings (SSSR count). The van der Waals surface area contributed by atoms with Crippen LogP contribution in [0.15, 0.2) is 28.8 Å². The van der Waals surface area contributed by atoms with Crippen LogP contribution in [-0.4, -0.2) is 40.6 Å². The van der Waals surface area contributed by atoms with E-state index in [0.717, 1.165) is 56.1 Å². The number of rotatable bonds is 8. The number of nitrogens with zero attached hydrogens (tertiary/aromatic N) is 3. The molecule has 1 amide bonds. The van der Waals surface area contributed by atoms with Crippen LogP contribution in [-0.2, 0) is 17.6 Å². The van der Waals surface area contributed by atoms with Crippen LogP contribution >= 0.6 is 0 Å². The van der Waals surface area contributed by atoms with Gasteiger partial charge in [0.25, 0.3) is 0 Å². The SMILES string of the molecule is COc1ccc(CCC(=O)N2CCCC2CCc2noc(C3CC3)n2)cc1. The van der Waals surface area contributed by atoms with Crippen LogP contribution in [0.5, 0.6) is 5.75 Å². The van der Waals surface area contributed by atoms with Crippen molar-refractivity contribution in [3.8, 4) is 5.75 Å². The zero-order valence-corrected chi connectivity index (χ0v) is 15.9. The molecular weight excluding hydrogens is 342 g/mol. The smallest absolute Gasteiger partial charge is 0.229 e. The molecule has 2 aliphatic rings. The van der Waals surface area contributed by atoms with Gasteiger partial charge in [0, 0.05) is 31.3 Å². The highest BCUT2D eigenvalue weighted by atomic mass is 16.5. The average Bonchev–Trinajstić information content (AvgIpc) is 3.25. The molecule has 6 nitrogen and oxygen atoms in total. The van der Waals surface area contributed by atoms with Gasteiger partial charge in [-0.05, 0) is 56.2 Å². The van der Waals surface area contributed by atoms with Crippen molar-refractivity contribution in [2.45, 2.75) is 63.3 Å². The third-order valence-electron chi connectivity index (χ3n) is 5.60. The van der Waals surface area contributed by atoms with Crippen molar-refractivity contribution < 1.29 is 14.1 Å². The first-order valence-electron chi connectivity index (χ1n) is 9.98. The van der Waals surface area contributed by atoms with E-state index < -0.39 is 0 Å². The molecule has 2 fully saturated rings. The fourth-order valence-corrected chi connectivity index (χ4v) is 3.81. The van der Waals surface area contributed by atoms with Crippen LogP contribution < -0.4 is 4.74 Å². The summed E-state index contributed by atoms with van der Waals surface area (Å²) in [5.41, 5.74) is 1.17. The Morgan fingerprint density at radius 3 is 2.78 bits per heavy atom. The molecule has 1 saturated carbocycles. The fraction of sp³-hybridized carbons (Fsp3) is 0.571. The number of carbonyl (C=O) groups excluding carboxylic acids is 1. The van der Waals surface area contributed by atoms with Crippen molar-refractivity contribution >= 4 is 5.91 Å². The number of likely N-dealkylation sites (tertiary alicyclic amines) is 1. The third kappa shape index (κ3) is 4.49. The monoisotopic (exact) mass is 369 g/mol. The van der Waals surface area contributed by atoms with Gasteiger partial charge in [-0.15, -0.1) is 0 Å². The third-order valence-corrected chi connectivity index (χ3v) is 5.60. The second-order valence-corrected chi connectivity index (χ2v) is 7.59. The van der Waals surface area contributed by atoms with Gasteiger partial charge < -0.3 is 14.2 Å². The molecule has 1 saturated heterocycles. The largest absolute Gasteiger partial charge is 0.497 e. The first kappa shape index (κ1) is 18.0. The average molecular weight is 369 g/mol. The van der Waals surface area contributed by atoms with Crippen molar-refractivity contribution in [1.29, 1.82) is 0 Å². The van der Waals surface area contributed by atoms with E-state index >= 15 is 0 Å². The Bertz CT molecular complexity index is 767. The van der Waals surface area contributed by atoms with Gasteiger partial charge in [0.2, 0.25) is 11.8 Å². The number of aryl methyl sites for hydroxylation is 2. The van der Waals surface area contributed by atoms with Crippen molar-refractivity contribution in [3.05, 3.63) is 41.5 Å². The Labute approximate surface area is 159 Å².